The number of benzene rings is 1. The Kier molecular flexibility index (Phi) is 4.36. The molecule has 0 unspecified atom stereocenters. The van der Waals surface area contributed by atoms with Crippen molar-refractivity contribution in [1.82, 2.24) is 0 Å². The lowest BCUT2D eigenvalue weighted by molar-refractivity contribution is 0.00578. The van der Waals surface area contributed by atoms with E-state index in [2.05, 4.69) is 10.8 Å². The summed E-state index contributed by atoms with van der Waals surface area (Å²) in [6.07, 6.45) is 1.97. The first-order valence-electron chi connectivity index (χ1n) is 6.62. The molecule has 1 fully saturated rings. The highest BCUT2D eigenvalue weighted by atomic mass is 35.5. The molecule has 1 aliphatic rings. The van der Waals surface area contributed by atoms with E-state index in [0.717, 1.165) is 16.7 Å². The maximum absolute atomic E-state index is 6.35. The second-order valence-electron chi connectivity index (χ2n) is 6.09. The molecule has 20 heavy (non-hydrogen) atoms. The second kappa shape index (κ2) is 5.45. The van der Waals surface area contributed by atoms with Gasteiger partial charge in [0.1, 0.15) is 0 Å². The quantitative estimate of drug-likeness (QED) is 0.682. The van der Waals surface area contributed by atoms with Gasteiger partial charge in [0.2, 0.25) is 0 Å². The maximum Gasteiger partial charge on any atom is 0.494 e. The Labute approximate surface area is 131 Å². The number of aryl methyl sites for hydroxylation is 1. The Bertz CT molecular complexity index is 483. The first-order valence-corrected chi connectivity index (χ1v) is 8.23. The smallest absolute Gasteiger partial charge is 0.399 e. The highest BCUT2D eigenvalue weighted by Gasteiger charge is 2.51. The van der Waals surface area contributed by atoms with Gasteiger partial charge in [-0.05, 0) is 51.7 Å². The van der Waals surface area contributed by atoms with Gasteiger partial charge in [0.25, 0.3) is 0 Å². The summed E-state index contributed by atoms with van der Waals surface area (Å²) >= 11 is 7.87. The molecule has 6 heteroatoms. The average molecular weight is 314 g/mol. The molecule has 1 aromatic rings. The lowest BCUT2D eigenvalue weighted by Gasteiger charge is -2.32. The Morgan fingerprint density at radius 2 is 1.70 bits per heavy atom. The van der Waals surface area contributed by atoms with E-state index < -0.39 is 0 Å². The van der Waals surface area contributed by atoms with Crippen molar-refractivity contribution in [2.75, 3.05) is 11.0 Å². The summed E-state index contributed by atoms with van der Waals surface area (Å²) in [6.45, 7) is 10.2. The number of nitrogens with one attached hydrogen (secondary N) is 1. The number of rotatable bonds is 3. The van der Waals surface area contributed by atoms with Crippen molar-refractivity contribution in [2.45, 2.75) is 45.8 Å². The van der Waals surface area contributed by atoms with Crippen LogP contribution in [0, 0.1) is 6.92 Å². The minimum Gasteiger partial charge on any atom is -0.399 e. The zero-order chi connectivity index (χ0) is 15.1. The molecule has 110 valence electrons. The molecule has 1 N–H and O–H groups in total. The van der Waals surface area contributed by atoms with E-state index in [1.807, 2.05) is 46.9 Å². The molecule has 1 heterocycles. The molecule has 0 spiro atoms. The number of halogens is 1. The van der Waals surface area contributed by atoms with Gasteiger partial charge in [0.05, 0.1) is 21.9 Å². The Morgan fingerprint density at radius 1 is 1.15 bits per heavy atom. The molecule has 0 radical (unpaired) electrons. The maximum atomic E-state index is 6.35. The molecule has 1 saturated heterocycles. The third-order valence-electron chi connectivity index (χ3n) is 4.04. The van der Waals surface area contributed by atoms with Gasteiger partial charge in [-0.15, -0.1) is 0 Å². The van der Waals surface area contributed by atoms with Crippen LogP contribution in [0.15, 0.2) is 12.1 Å². The topological polar surface area (TPSA) is 30.5 Å². The largest absolute Gasteiger partial charge is 0.494 e. The summed E-state index contributed by atoms with van der Waals surface area (Å²) < 4.78 is 15.3. The number of hydrogen-bond donors (Lipinski definition) is 1. The summed E-state index contributed by atoms with van der Waals surface area (Å²) in [4.78, 5) is 0. The normalized spacial score (nSPS) is 20.2. The predicted molar refractivity (Wildman–Crippen MR) is 89.0 cm³/mol. The lowest BCUT2D eigenvalue weighted by Crippen LogP contribution is -2.41. The van der Waals surface area contributed by atoms with Crippen molar-refractivity contribution in [1.29, 1.82) is 0 Å². The minimum atomic E-state index is -0.375. The van der Waals surface area contributed by atoms with Gasteiger partial charge in [-0.1, -0.05) is 29.6 Å². The van der Waals surface area contributed by atoms with Crippen LogP contribution in [-0.2, 0) is 9.31 Å². The molecular formula is C14H21BClNO2S. The van der Waals surface area contributed by atoms with Gasteiger partial charge in [-0.2, -0.15) is 0 Å². The van der Waals surface area contributed by atoms with E-state index in [4.69, 9.17) is 20.9 Å². The van der Waals surface area contributed by atoms with E-state index in [-0.39, 0.29) is 18.3 Å². The Hall–Kier alpha value is -0.355. The molecule has 2 rings (SSSR count). The summed E-state index contributed by atoms with van der Waals surface area (Å²) in [7, 11) is -0.375. The zero-order valence-electron chi connectivity index (χ0n) is 12.8. The summed E-state index contributed by atoms with van der Waals surface area (Å²) in [5, 5.41) is 0.684. The van der Waals surface area contributed by atoms with Gasteiger partial charge < -0.3 is 14.0 Å². The van der Waals surface area contributed by atoms with Crippen molar-refractivity contribution in [3.8, 4) is 0 Å². The van der Waals surface area contributed by atoms with E-state index >= 15 is 0 Å². The second-order valence-corrected chi connectivity index (χ2v) is 7.11. The Balaban J connectivity index is 2.32. The first kappa shape index (κ1) is 16.0. The SMILES string of the molecule is CSNc1c(C)cc(B2OC(C)(C)C(C)(C)O2)cc1Cl. The molecule has 3 nitrogen and oxygen atoms in total. The average Bonchev–Trinajstić information content (AvgIpc) is 2.53. The molecular weight excluding hydrogens is 292 g/mol. The van der Waals surface area contributed by atoms with E-state index in [1.165, 1.54) is 11.9 Å². The van der Waals surface area contributed by atoms with Gasteiger partial charge in [-0.3, -0.25) is 0 Å². The molecule has 0 bridgehead atoms. The van der Waals surface area contributed by atoms with Crippen LogP contribution in [0.1, 0.15) is 33.3 Å². The molecule has 1 aliphatic heterocycles. The van der Waals surface area contributed by atoms with Gasteiger partial charge in [0.15, 0.2) is 0 Å². The summed E-state index contributed by atoms with van der Waals surface area (Å²) in [6, 6.07) is 3.97. The Morgan fingerprint density at radius 3 is 2.15 bits per heavy atom. The summed E-state index contributed by atoms with van der Waals surface area (Å²) in [5.41, 5.74) is 2.30. The van der Waals surface area contributed by atoms with Crippen LogP contribution in [0.25, 0.3) is 0 Å². The van der Waals surface area contributed by atoms with Crippen molar-refractivity contribution in [3.05, 3.63) is 22.7 Å². The van der Waals surface area contributed by atoms with Crippen molar-refractivity contribution < 1.29 is 9.31 Å². The fraction of sp³-hybridized carbons (Fsp3) is 0.571. The van der Waals surface area contributed by atoms with Crippen LogP contribution in [0.5, 0.6) is 0 Å². The highest BCUT2D eigenvalue weighted by molar-refractivity contribution is 7.99. The highest BCUT2D eigenvalue weighted by Crippen LogP contribution is 2.37. The third-order valence-corrected chi connectivity index (χ3v) is 4.75. The molecule has 0 aliphatic carbocycles. The minimum absolute atomic E-state index is 0.339. The van der Waals surface area contributed by atoms with Crippen molar-refractivity contribution in [3.63, 3.8) is 0 Å². The number of hydrogen-bond acceptors (Lipinski definition) is 4. The third kappa shape index (κ3) is 2.82. The molecule has 0 aromatic heterocycles. The predicted octanol–water partition coefficient (Wildman–Crippen LogP) is 3.64. The van der Waals surface area contributed by atoms with Crippen molar-refractivity contribution in [2.24, 2.45) is 0 Å². The molecule has 0 amide bonds. The van der Waals surface area contributed by atoms with Gasteiger partial charge in [-0.25, -0.2) is 0 Å². The van der Waals surface area contributed by atoms with Crippen molar-refractivity contribution >= 4 is 41.8 Å². The zero-order valence-corrected chi connectivity index (χ0v) is 14.4. The molecule has 0 atom stereocenters. The number of anilines is 1. The van der Waals surface area contributed by atoms with Crippen LogP contribution >= 0.6 is 23.5 Å². The standard InChI is InChI=1S/C14H21BClNO2S/c1-9-7-10(8-11(16)12(9)17-20-6)15-18-13(2,3)14(4,5)19-15/h7-8,17H,1-6H3. The fourth-order valence-electron chi connectivity index (χ4n) is 2.12. The van der Waals surface area contributed by atoms with Crippen LogP contribution < -0.4 is 10.2 Å². The van der Waals surface area contributed by atoms with Crippen LogP contribution in [-0.4, -0.2) is 24.6 Å². The van der Waals surface area contributed by atoms with Gasteiger partial charge in [0, 0.05) is 6.26 Å². The lowest BCUT2D eigenvalue weighted by atomic mass is 9.78. The van der Waals surface area contributed by atoms with Crippen LogP contribution in [0.3, 0.4) is 0 Å². The van der Waals surface area contributed by atoms with Crippen LogP contribution in [0.4, 0.5) is 5.69 Å². The van der Waals surface area contributed by atoms with E-state index in [0.29, 0.717) is 5.02 Å². The first-order chi connectivity index (χ1) is 9.18. The fourth-order valence-corrected chi connectivity index (χ4v) is 2.97. The monoisotopic (exact) mass is 313 g/mol. The van der Waals surface area contributed by atoms with Crippen LogP contribution in [0.2, 0.25) is 5.02 Å². The van der Waals surface area contributed by atoms with E-state index in [9.17, 15) is 0 Å². The summed E-state index contributed by atoms with van der Waals surface area (Å²) in [5.74, 6) is 0. The van der Waals surface area contributed by atoms with Gasteiger partial charge >= 0.3 is 7.12 Å². The van der Waals surface area contributed by atoms with E-state index in [1.54, 1.807) is 0 Å². The molecule has 1 aromatic carbocycles. The molecule has 0 saturated carbocycles.